The molecule has 2 heterocycles. The summed E-state index contributed by atoms with van der Waals surface area (Å²) in [7, 11) is 2.04. The van der Waals surface area contributed by atoms with Crippen LogP contribution >= 0.6 is 0 Å². The Balaban J connectivity index is 1.63. The second-order valence-corrected chi connectivity index (χ2v) is 7.75. The first-order chi connectivity index (χ1) is 13.1. The molecule has 0 radical (unpaired) electrons. The van der Waals surface area contributed by atoms with E-state index < -0.39 is 5.54 Å². The summed E-state index contributed by atoms with van der Waals surface area (Å²) in [4.78, 5) is 29.6. The van der Waals surface area contributed by atoms with Gasteiger partial charge in [0.25, 0.3) is 0 Å². The van der Waals surface area contributed by atoms with Gasteiger partial charge in [0.15, 0.2) is 0 Å². The van der Waals surface area contributed by atoms with E-state index in [0.29, 0.717) is 25.9 Å². The lowest BCUT2D eigenvalue weighted by molar-refractivity contribution is -0.134. The maximum Gasteiger partial charge on any atom is 0.317 e. The lowest BCUT2D eigenvalue weighted by atomic mass is 9.85. The van der Waals surface area contributed by atoms with Crippen LogP contribution in [0.15, 0.2) is 30.3 Å². The third-order valence-electron chi connectivity index (χ3n) is 6.06. The van der Waals surface area contributed by atoms with Crippen molar-refractivity contribution in [2.45, 2.75) is 50.6 Å². The van der Waals surface area contributed by atoms with Gasteiger partial charge in [-0.1, -0.05) is 43.7 Å². The van der Waals surface area contributed by atoms with Crippen molar-refractivity contribution >= 4 is 11.9 Å². The molecule has 1 aromatic carbocycles. The number of likely N-dealkylation sites (tertiary alicyclic amines) is 1. The van der Waals surface area contributed by atoms with Gasteiger partial charge in [-0.25, -0.2) is 4.79 Å². The minimum atomic E-state index is -0.463. The van der Waals surface area contributed by atoms with Gasteiger partial charge in [-0.3, -0.25) is 9.69 Å². The van der Waals surface area contributed by atoms with E-state index in [0.717, 1.165) is 37.9 Å². The molecule has 0 bridgehead atoms. The summed E-state index contributed by atoms with van der Waals surface area (Å²) < 4.78 is 0. The zero-order valence-corrected chi connectivity index (χ0v) is 16.5. The summed E-state index contributed by atoms with van der Waals surface area (Å²) in [6, 6.07) is 10.2. The highest BCUT2D eigenvalue weighted by atomic mass is 16.2. The van der Waals surface area contributed by atoms with Crippen LogP contribution in [0.4, 0.5) is 4.79 Å². The number of nitrogens with one attached hydrogen (secondary N) is 2. The Kier molecular flexibility index (Phi) is 6.37. The number of carbonyl (C=O) groups excluding carboxylic acids is 2. The Labute approximate surface area is 162 Å². The fourth-order valence-corrected chi connectivity index (χ4v) is 4.30. The Hall–Kier alpha value is -2.08. The molecule has 1 atom stereocenters. The first-order valence-corrected chi connectivity index (χ1v) is 10.2. The zero-order chi connectivity index (χ0) is 19.3. The maximum atomic E-state index is 12.9. The third-order valence-corrected chi connectivity index (χ3v) is 6.06. The van der Waals surface area contributed by atoms with Gasteiger partial charge in [0.2, 0.25) is 5.91 Å². The largest absolute Gasteiger partial charge is 0.354 e. The summed E-state index contributed by atoms with van der Waals surface area (Å²) in [6.45, 7) is 5.00. The fourth-order valence-electron chi connectivity index (χ4n) is 4.30. The normalized spacial score (nSPS) is 21.4. The molecule has 0 saturated carbocycles. The molecule has 3 rings (SSSR count). The molecule has 2 N–H and O–H groups in total. The zero-order valence-electron chi connectivity index (χ0n) is 16.5. The van der Waals surface area contributed by atoms with Crippen molar-refractivity contribution in [2.24, 2.45) is 0 Å². The first kappa shape index (κ1) is 19.7. The Morgan fingerprint density at radius 3 is 2.59 bits per heavy atom. The van der Waals surface area contributed by atoms with Crippen LogP contribution in [0.1, 0.15) is 50.6 Å². The highest BCUT2D eigenvalue weighted by molar-refractivity contribution is 5.87. The molecule has 0 aliphatic carbocycles. The van der Waals surface area contributed by atoms with E-state index in [9.17, 15) is 9.59 Å². The average molecular weight is 373 g/mol. The molecule has 6 nitrogen and oxygen atoms in total. The number of hydrogen-bond donors (Lipinski definition) is 2. The van der Waals surface area contributed by atoms with Crippen LogP contribution in [-0.4, -0.2) is 60.5 Å². The van der Waals surface area contributed by atoms with Crippen LogP contribution in [0.2, 0.25) is 0 Å². The molecular weight excluding hydrogens is 340 g/mol. The highest BCUT2D eigenvalue weighted by Crippen LogP contribution is 2.30. The van der Waals surface area contributed by atoms with Crippen LogP contribution in [0.25, 0.3) is 0 Å². The second kappa shape index (κ2) is 8.74. The molecule has 148 valence electrons. The van der Waals surface area contributed by atoms with Gasteiger partial charge in [-0.15, -0.1) is 0 Å². The number of rotatable bonds is 4. The smallest absolute Gasteiger partial charge is 0.317 e. The molecule has 2 aliphatic rings. The van der Waals surface area contributed by atoms with E-state index in [2.05, 4.69) is 34.6 Å². The molecule has 1 unspecified atom stereocenters. The van der Waals surface area contributed by atoms with E-state index in [1.807, 2.05) is 30.1 Å². The summed E-state index contributed by atoms with van der Waals surface area (Å²) >= 11 is 0. The number of urea groups is 1. The molecule has 2 fully saturated rings. The molecule has 2 aliphatic heterocycles. The van der Waals surface area contributed by atoms with Gasteiger partial charge in [-0.05, 0) is 38.3 Å². The van der Waals surface area contributed by atoms with Crippen molar-refractivity contribution in [1.29, 1.82) is 0 Å². The van der Waals surface area contributed by atoms with Crippen molar-refractivity contribution in [3.05, 3.63) is 35.9 Å². The molecule has 27 heavy (non-hydrogen) atoms. The molecular formula is C21H32N4O2. The standard InChI is InChI=1S/C21H32N4O2/c1-3-8-18(17-9-5-4-6-10-17)23-20(27)25-15-11-21(12-16-25)19(26)22-13-7-14-24(21)2/h4-6,9-10,18H,3,7-8,11-16H2,1-2H3,(H,22,26)(H,23,27). The van der Waals surface area contributed by atoms with E-state index >= 15 is 0 Å². The van der Waals surface area contributed by atoms with Crippen LogP contribution in [0, 0.1) is 0 Å². The van der Waals surface area contributed by atoms with Gasteiger partial charge in [0.05, 0.1) is 6.04 Å². The van der Waals surface area contributed by atoms with Crippen molar-refractivity contribution < 1.29 is 9.59 Å². The van der Waals surface area contributed by atoms with E-state index in [1.165, 1.54) is 0 Å². The summed E-state index contributed by atoms with van der Waals surface area (Å²) in [5.74, 6) is 0.121. The number of likely N-dealkylation sites (N-methyl/N-ethyl adjacent to an activating group) is 1. The Bertz CT molecular complexity index is 641. The monoisotopic (exact) mass is 372 g/mol. The van der Waals surface area contributed by atoms with E-state index in [-0.39, 0.29) is 18.0 Å². The van der Waals surface area contributed by atoms with Gasteiger partial charge < -0.3 is 15.5 Å². The van der Waals surface area contributed by atoms with Crippen molar-refractivity contribution in [3.8, 4) is 0 Å². The van der Waals surface area contributed by atoms with Crippen LogP contribution in [0.5, 0.6) is 0 Å². The number of benzene rings is 1. The molecule has 3 amide bonds. The van der Waals surface area contributed by atoms with Gasteiger partial charge in [0.1, 0.15) is 5.54 Å². The highest BCUT2D eigenvalue weighted by Gasteiger charge is 2.46. The Morgan fingerprint density at radius 2 is 1.93 bits per heavy atom. The van der Waals surface area contributed by atoms with E-state index in [4.69, 9.17) is 0 Å². The molecule has 0 aromatic heterocycles. The second-order valence-electron chi connectivity index (χ2n) is 7.75. The molecule has 1 aromatic rings. The number of carbonyl (C=O) groups is 2. The van der Waals surface area contributed by atoms with Gasteiger partial charge in [-0.2, -0.15) is 0 Å². The van der Waals surface area contributed by atoms with Crippen molar-refractivity contribution in [3.63, 3.8) is 0 Å². The number of nitrogens with zero attached hydrogens (tertiary/aromatic N) is 2. The van der Waals surface area contributed by atoms with Crippen molar-refractivity contribution in [2.75, 3.05) is 33.2 Å². The summed E-state index contributed by atoms with van der Waals surface area (Å²) in [6.07, 6.45) is 4.27. The minimum absolute atomic E-state index is 0.0242. The SMILES string of the molecule is CCCC(NC(=O)N1CCC2(CC1)C(=O)NCCCN2C)c1ccccc1. The third kappa shape index (κ3) is 4.26. The topological polar surface area (TPSA) is 64.7 Å². The van der Waals surface area contributed by atoms with Crippen molar-refractivity contribution in [1.82, 2.24) is 20.4 Å². The summed E-state index contributed by atoms with van der Waals surface area (Å²) in [5.41, 5.74) is 0.680. The molecule has 6 heteroatoms. The molecule has 1 spiro atoms. The predicted molar refractivity (Wildman–Crippen MR) is 106 cm³/mol. The average Bonchev–Trinajstić information content (AvgIpc) is 2.83. The lowest BCUT2D eigenvalue weighted by Gasteiger charge is -2.45. The molecule has 2 saturated heterocycles. The number of hydrogen-bond acceptors (Lipinski definition) is 3. The van der Waals surface area contributed by atoms with Gasteiger partial charge in [0, 0.05) is 26.2 Å². The number of piperidine rings is 1. The van der Waals surface area contributed by atoms with Gasteiger partial charge >= 0.3 is 6.03 Å². The van der Waals surface area contributed by atoms with Crippen LogP contribution < -0.4 is 10.6 Å². The quantitative estimate of drug-likeness (QED) is 0.854. The maximum absolute atomic E-state index is 12.9. The van der Waals surface area contributed by atoms with E-state index in [1.54, 1.807) is 0 Å². The predicted octanol–water partition coefficient (Wildman–Crippen LogP) is 2.52. The Morgan fingerprint density at radius 1 is 1.22 bits per heavy atom. The lowest BCUT2D eigenvalue weighted by Crippen LogP contribution is -2.62. The van der Waals surface area contributed by atoms with Crippen LogP contribution in [0.3, 0.4) is 0 Å². The summed E-state index contributed by atoms with van der Waals surface area (Å²) in [5, 5.41) is 6.25. The number of amides is 3. The minimum Gasteiger partial charge on any atom is -0.354 e. The van der Waals surface area contributed by atoms with Crippen LogP contribution in [-0.2, 0) is 4.79 Å². The first-order valence-electron chi connectivity index (χ1n) is 10.2. The fraction of sp³-hybridized carbons (Fsp3) is 0.619.